The molecule has 0 saturated carbocycles. The molecule has 0 spiro atoms. The van der Waals surface area contributed by atoms with Crippen LogP contribution >= 0.6 is 0 Å². The van der Waals surface area contributed by atoms with Crippen LogP contribution in [0.1, 0.15) is 26.7 Å². The number of rotatable bonds is 6. The molecule has 0 saturated heterocycles. The highest BCUT2D eigenvalue weighted by atomic mass is 16.5. The summed E-state index contributed by atoms with van der Waals surface area (Å²) in [4.78, 5) is 11.1. The molecule has 1 atom stereocenters. The fourth-order valence-corrected chi connectivity index (χ4v) is 0.777. The molecule has 0 aliphatic carbocycles. The van der Waals surface area contributed by atoms with Crippen molar-refractivity contribution in [3.05, 3.63) is 0 Å². The van der Waals surface area contributed by atoms with Gasteiger partial charge in [0.15, 0.2) is 0 Å². The van der Waals surface area contributed by atoms with Crippen LogP contribution in [0.15, 0.2) is 0 Å². The van der Waals surface area contributed by atoms with Gasteiger partial charge in [-0.2, -0.15) is 0 Å². The highest BCUT2D eigenvalue weighted by molar-refractivity contribution is 5.72. The van der Waals surface area contributed by atoms with E-state index in [1.54, 1.807) is 14.0 Å². The topological polar surface area (TPSA) is 35.5 Å². The van der Waals surface area contributed by atoms with E-state index in [1.807, 2.05) is 0 Å². The van der Waals surface area contributed by atoms with Crippen molar-refractivity contribution < 1.29 is 14.3 Å². The van der Waals surface area contributed by atoms with E-state index >= 15 is 0 Å². The molecule has 0 aliphatic heterocycles. The normalized spacial score (nSPS) is 12.6. The summed E-state index contributed by atoms with van der Waals surface area (Å²) in [6.45, 7) is 4.83. The van der Waals surface area contributed by atoms with E-state index in [0.717, 1.165) is 12.8 Å². The zero-order valence-corrected chi connectivity index (χ0v) is 8.13. The molecule has 0 unspecified atom stereocenters. The maximum absolute atomic E-state index is 11.1. The summed E-state index contributed by atoms with van der Waals surface area (Å²) in [5.41, 5.74) is 0. The summed E-state index contributed by atoms with van der Waals surface area (Å²) in [5.74, 6) is -0.308. The van der Waals surface area contributed by atoms with Gasteiger partial charge in [0, 0.05) is 7.11 Å². The minimum Gasteiger partial charge on any atom is -0.465 e. The van der Waals surface area contributed by atoms with E-state index in [0.29, 0.717) is 13.2 Å². The Hall–Kier alpha value is -0.570. The molecule has 0 aliphatic rings. The van der Waals surface area contributed by atoms with Gasteiger partial charge in [-0.25, -0.2) is 0 Å². The van der Waals surface area contributed by atoms with Crippen LogP contribution in [0.4, 0.5) is 0 Å². The Labute approximate surface area is 74.0 Å². The van der Waals surface area contributed by atoms with Crippen LogP contribution in [0.2, 0.25) is 0 Å². The van der Waals surface area contributed by atoms with Gasteiger partial charge in [-0.15, -0.1) is 0 Å². The third-order valence-electron chi connectivity index (χ3n) is 1.56. The molecule has 0 aromatic heterocycles. The average Bonchev–Trinajstić information content (AvgIpc) is 2.05. The van der Waals surface area contributed by atoms with Crippen molar-refractivity contribution in [3.63, 3.8) is 0 Å². The number of methoxy groups -OCH3 is 1. The van der Waals surface area contributed by atoms with Gasteiger partial charge in [0.25, 0.3) is 0 Å². The van der Waals surface area contributed by atoms with Crippen LogP contribution in [-0.4, -0.2) is 26.3 Å². The molecular weight excluding hydrogens is 156 g/mol. The summed E-state index contributed by atoms with van der Waals surface area (Å²) in [6.07, 6.45) is 1.98. The first-order chi connectivity index (χ1) is 5.72. The van der Waals surface area contributed by atoms with Crippen molar-refractivity contribution in [2.75, 3.05) is 20.3 Å². The molecule has 0 aromatic rings. The molecule has 0 rings (SSSR count). The third kappa shape index (κ3) is 5.13. The van der Waals surface area contributed by atoms with Crippen molar-refractivity contribution in [2.24, 2.45) is 5.92 Å². The van der Waals surface area contributed by atoms with Crippen LogP contribution in [0, 0.1) is 5.92 Å². The number of unbranched alkanes of at least 4 members (excludes halogenated alkanes) is 1. The van der Waals surface area contributed by atoms with Crippen molar-refractivity contribution in [3.8, 4) is 0 Å². The Morgan fingerprint density at radius 1 is 1.50 bits per heavy atom. The maximum atomic E-state index is 11.1. The predicted molar refractivity (Wildman–Crippen MR) is 46.9 cm³/mol. The highest BCUT2D eigenvalue weighted by Gasteiger charge is 2.12. The van der Waals surface area contributed by atoms with E-state index in [4.69, 9.17) is 9.47 Å². The van der Waals surface area contributed by atoms with Gasteiger partial charge in [-0.1, -0.05) is 13.3 Å². The minimum absolute atomic E-state index is 0.146. The zero-order valence-electron chi connectivity index (χ0n) is 8.13. The number of ether oxygens (including phenoxy) is 2. The van der Waals surface area contributed by atoms with Crippen molar-refractivity contribution in [1.29, 1.82) is 0 Å². The van der Waals surface area contributed by atoms with Crippen LogP contribution < -0.4 is 0 Å². The molecule has 0 amide bonds. The number of carbonyl (C=O) groups excluding carboxylic acids is 1. The molecular formula is C9H18O3. The first-order valence-corrected chi connectivity index (χ1v) is 4.38. The molecule has 3 nitrogen and oxygen atoms in total. The largest absolute Gasteiger partial charge is 0.465 e. The van der Waals surface area contributed by atoms with Crippen LogP contribution in [-0.2, 0) is 14.3 Å². The Morgan fingerprint density at radius 2 is 2.17 bits per heavy atom. The standard InChI is InChI=1S/C9H18O3/c1-4-5-6-12-9(10)8(2)7-11-3/h8H,4-7H2,1-3H3/t8-/m0/s1. The van der Waals surface area contributed by atoms with E-state index in [9.17, 15) is 4.79 Å². The monoisotopic (exact) mass is 174 g/mol. The molecule has 0 N–H and O–H groups in total. The predicted octanol–water partition coefficient (Wildman–Crippen LogP) is 1.61. The lowest BCUT2D eigenvalue weighted by Crippen LogP contribution is -2.19. The molecule has 72 valence electrons. The summed E-state index contributed by atoms with van der Waals surface area (Å²) < 4.78 is 9.81. The SMILES string of the molecule is CCCCOC(=O)[C@@H](C)COC. The van der Waals surface area contributed by atoms with Crippen molar-refractivity contribution in [1.82, 2.24) is 0 Å². The second-order valence-corrected chi connectivity index (χ2v) is 2.88. The first-order valence-electron chi connectivity index (χ1n) is 4.38. The zero-order chi connectivity index (χ0) is 9.40. The lowest BCUT2D eigenvalue weighted by Gasteiger charge is -2.09. The Morgan fingerprint density at radius 3 is 2.67 bits per heavy atom. The smallest absolute Gasteiger partial charge is 0.310 e. The van der Waals surface area contributed by atoms with Gasteiger partial charge >= 0.3 is 5.97 Å². The molecule has 0 bridgehead atoms. The lowest BCUT2D eigenvalue weighted by molar-refractivity contribution is -0.149. The molecule has 0 heterocycles. The lowest BCUT2D eigenvalue weighted by atomic mass is 10.2. The number of hydrogen-bond acceptors (Lipinski definition) is 3. The number of hydrogen-bond donors (Lipinski definition) is 0. The minimum atomic E-state index is -0.162. The Balaban J connectivity index is 3.43. The average molecular weight is 174 g/mol. The van der Waals surface area contributed by atoms with Gasteiger partial charge in [0.2, 0.25) is 0 Å². The molecule has 0 fully saturated rings. The number of carbonyl (C=O) groups is 1. The molecule has 3 heteroatoms. The van der Waals surface area contributed by atoms with Gasteiger partial charge in [-0.3, -0.25) is 4.79 Å². The highest BCUT2D eigenvalue weighted by Crippen LogP contribution is 1.99. The van der Waals surface area contributed by atoms with Gasteiger partial charge in [0.1, 0.15) is 0 Å². The van der Waals surface area contributed by atoms with Crippen LogP contribution in [0.3, 0.4) is 0 Å². The van der Waals surface area contributed by atoms with E-state index in [2.05, 4.69) is 6.92 Å². The Kier molecular flexibility index (Phi) is 6.76. The van der Waals surface area contributed by atoms with Gasteiger partial charge < -0.3 is 9.47 Å². The Bertz CT molecular complexity index is 123. The third-order valence-corrected chi connectivity index (χ3v) is 1.56. The second-order valence-electron chi connectivity index (χ2n) is 2.88. The fraction of sp³-hybridized carbons (Fsp3) is 0.889. The summed E-state index contributed by atoms with van der Waals surface area (Å²) in [7, 11) is 1.58. The molecule has 0 aromatic carbocycles. The van der Waals surface area contributed by atoms with Crippen LogP contribution in [0.25, 0.3) is 0 Å². The quantitative estimate of drug-likeness (QED) is 0.453. The molecule has 0 radical (unpaired) electrons. The first kappa shape index (κ1) is 11.4. The van der Waals surface area contributed by atoms with Crippen molar-refractivity contribution in [2.45, 2.75) is 26.7 Å². The summed E-state index contributed by atoms with van der Waals surface area (Å²) >= 11 is 0. The maximum Gasteiger partial charge on any atom is 0.310 e. The molecule has 12 heavy (non-hydrogen) atoms. The fourth-order valence-electron chi connectivity index (χ4n) is 0.777. The van der Waals surface area contributed by atoms with Gasteiger partial charge in [-0.05, 0) is 13.3 Å². The number of esters is 1. The van der Waals surface area contributed by atoms with E-state index in [1.165, 1.54) is 0 Å². The summed E-state index contributed by atoms with van der Waals surface area (Å²) in [6, 6.07) is 0. The van der Waals surface area contributed by atoms with Crippen LogP contribution in [0.5, 0.6) is 0 Å². The van der Waals surface area contributed by atoms with E-state index in [-0.39, 0.29) is 11.9 Å². The van der Waals surface area contributed by atoms with Crippen molar-refractivity contribution >= 4 is 5.97 Å². The van der Waals surface area contributed by atoms with Gasteiger partial charge in [0.05, 0.1) is 19.1 Å². The second kappa shape index (κ2) is 7.10. The van der Waals surface area contributed by atoms with E-state index < -0.39 is 0 Å². The summed E-state index contributed by atoms with van der Waals surface area (Å²) in [5, 5.41) is 0.